The largest absolute Gasteiger partial charge is 0.480 e. The average molecular weight is 262 g/mol. The van der Waals surface area contributed by atoms with Crippen molar-refractivity contribution in [2.45, 2.75) is 31.2 Å². The fraction of sp³-hybridized carbons (Fsp3) is 0.385. The van der Waals surface area contributed by atoms with Gasteiger partial charge in [0.15, 0.2) is 0 Å². The van der Waals surface area contributed by atoms with Crippen molar-refractivity contribution in [3.8, 4) is 0 Å². The molecule has 0 bridgehead atoms. The van der Waals surface area contributed by atoms with E-state index in [-0.39, 0.29) is 0 Å². The minimum Gasteiger partial charge on any atom is -0.480 e. The number of nitrogens with one attached hydrogen (secondary N) is 1. The standard InChI is InChI=1S/C13H14N2O2S/c16-12(17)13(7-3-4-8-13)14-11-9-5-1-2-6-10(9)15-18-11/h1-2,5-6,14H,3-4,7-8H2,(H,16,17). The molecule has 1 aromatic heterocycles. The van der Waals surface area contributed by atoms with E-state index in [0.29, 0.717) is 12.8 Å². The maximum Gasteiger partial charge on any atom is 0.329 e. The van der Waals surface area contributed by atoms with E-state index in [2.05, 4.69) is 9.69 Å². The number of benzene rings is 1. The van der Waals surface area contributed by atoms with Crippen molar-refractivity contribution < 1.29 is 9.90 Å². The van der Waals surface area contributed by atoms with Crippen LogP contribution in [0, 0.1) is 0 Å². The maximum atomic E-state index is 11.5. The summed E-state index contributed by atoms with van der Waals surface area (Å²) in [7, 11) is 0. The molecule has 0 unspecified atom stereocenters. The van der Waals surface area contributed by atoms with E-state index >= 15 is 0 Å². The summed E-state index contributed by atoms with van der Waals surface area (Å²) in [4.78, 5) is 11.5. The van der Waals surface area contributed by atoms with Crippen LogP contribution in [0.4, 0.5) is 5.00 Å². The number of anilines is 1. The molecule has 3 rings (SSSR count). The summed E-state index contributed by atoms with van der Waals surface area (Å²) >= 11 is 1.34. The summed E-state index contributed by atoms with van der Waals surface area (Å²) in [6.07, 6.45) is 3.31. The lowest BCUT2D eigenvalue weighted by Gasteiger charge is -2.25. The van der Waals surface area contributed by atoms with E-state index in [0.717, 1.165) is 28.7 Å². The Hall–Kier alpha value is -1.62. The third-order valence-corrected chi connectivity index (χ3v) is 4.40. The predicted octanol–water partition coefficient (Wildman–Crippen LogP) is 3.11. The summed E-state index contributed by atoms with van der Waals surface area (Å²) in [5.74, 6) is -0.752. The first-order valence-electron chi connectivity index (χ1n) is 6.07. The number of nitrogens with zero attached hydrogens (tertiary/aromatic N) is 1. The van der Waals surface area contributed by atoms with E-state index in [9.17, 15) is 9.90 Å². The molecule has 0 saturated heterocycles. The van der Waals surface area contributed by atoms with Crippen LogP contribution in [0.25, 0.3) is 10.9 Å². The van der Waals surface area contributed by atoms with Gasteiger partial charge >= 0.3 is 5.97 Å². The summed E-state index contributed by atoms with van der Waals surface area (Å²) < 4.78 is 4.34. The molecule has 1 aromatic carbocycles. The molecule has 4 nitrogen and oxygen atoms in total. The van der Waals surface area contributed by atoms with Gasteiger partial charge in [-0.3, -0.25) is 0 Å². The minimum absolute atomic E-state index is 0.689. The fourth-order valence-corrected chi connectivity index (χ4v) is 3.43. The predicted molar refractivity (Wildman–Crippen MR) is 72.1 cm³/mol. The third-order valence-electron chi connectivity index (χ3n) is 3.60. The van der Waals surface area contributed by atoms with Crippen molar-refractivity contribution in [3.63, 3.8) is 0 Å². The van der Waals surface area contributed by atoms with Crippen LogP contribution in [0.15, 0.2) is 24.3 Å². The van der Waals surface area contributed by atoms with Gasteiger partial charge < -0.3 is 10.4 Å². The van der Waals surface area contributed by atoms with Crippen molar-refractivity contribution in [3.05, 3.63) is 24.3 Å². The molecule has 0 radical (unpaired) electrons. The van der Waals surface area contributed by atoms with Crippen LogP contribution in [0.2, 0.25) is 0 Å². The van der Waals surface area contributed by atoms with E-state index in [1.165, 1.54) is 11.5 Å². The van der Waals surface area contributed by atoms with Crippen LogP contribution in [-0.2, 0) is 4.79 Å². The van der Waals surface area contributed by atoms with Gasteiger partial charge in [-0.1, -0.05) is 25.0 Å². The highest BCUT2D eigenvalue weighted by Gasteiger charge is 2.41. The number of carboxylic acids is 1. The van der Waals surface area contributed by atoms with Crippen LogP contribution >= 0.6 is 11.5 Å². The molecule has 2 aromatic rings. The van der Waals surface area contributed by atoms with Crippen LogP contribution in [0.3, 0.4) is 0 Å². The van der Waals surface area contributed by atoms with Crippen LogP contribution in [-0.4, -0.2) is 21.0 Å². The van der Waals surface area contributed by atoms with Gasteiger partial charge in [0.2, 0.25) is 0 Å². The summed E-state index contributed by atoms with van der Waals surface area (Å²) in [5, 5.41) is 14.6. The highest BCUT2D eigenvalue weighted by molar-refractivity contribution is 7.11. The number of carboxylic acid groups (broad SMARTS) is 1. The van der Waals surface area contributed by atoms with Crippen molar-refractivity contribution >= 4 is 33.4 Å². The van der Waals surface area contributed by atoms with Gasteiger partial charge in [-0.15, -0.1) is 0 Å². The van der Waals surface area contributed by atoms with Gasteiger partial charge in [-0.05, 0) is 36.5 Å². The number of rotatable bonds is 3. The molecule has 5 heteroatoms. The van der Waals surface area contributed by atoms with Crippen molar-refractivity contribution in [1.82, 2.24) is 4.37 Å². The summed E-state index contributed by atoms with van der Waals surface area (Å²) in [6.45, 7) is 0. The molecule has 0 atom stereocenters. The Morgan fingerprint density at radius 2 is 2.06 bits per heavy atom. The zero-order valence-electron chi connectivity index (χ0n) is 9.85. The highest BCUT2D eigenvalue weighted by atomic mass is 32.1. The number of carbonyl (C=O) groups is 1. The quantitative estimate of drug-likeness (QED) is 0.892. The van der Waals surface area contributed by atoms with Crippen LogP contribution in [0.1, 0.15) is 25.7 Å². The smallest absolute Gasteiger partial charge is 0.329 e. The normalized spacial score (nSPS) is 18.0. The molecule has 1 saturated carbocycles. The maximum absolute atomic E-state index is 11.5. The second-order valence-corrected chi connectivity index (χ2v) is 5.52. The zero-order valence-corrected chi connectivity index (χ0v) is 10.7. The average Bonchev–Trinajstić information content (AvgIpc) is 2.99. The number of fused-ring (bicyclic) bond motifs is 1. The Labute approximate surface area is 109 Å². The summed E-state index contributed by atoms with van der Waals surface area (Å²) in [6, 6.07) is 7.81. The first-order valence-corrected chi connectivity index (χ1v) is 6.85. The van der Waals surface area contributed by atoms with Crippen LogP contribution in [0.5, 0.6) is 0 Å². The van der Waals surface area contributed by atoms with Crippen molar-refractivity contribution in [2.24, 2.45) is 0 Å². The molecule has 0 amide bonds. The Kier molecular flexibility index (Phi) is 2.70. The van der Waals surface area contributed by atoms with E-state index in [4.69, 9.17) is 0 Å². The Bertz CT molecular complexity index is 587. The van der Waals surface area contributed by atoms with Gasteiger partial charge in [0.1, 0.15) is 10.5 Å². The lowest BCUT2D eigenvalue weighted by Crippen LogP contribution is -2.43. The fourth-order valence-electron chi connectivity index (χ4n) is 2.57. The van der Waals surface area contributed by atoms with Crippen LogP contribution < -0.4 is 5.32 Å². The number of hydrogen-bond acceptors (Lipinski definition) is 4. The Morgan fingerprint density at radius 1 is 1.33 bits per heavy atom. The van der Waals surface area contributed by atoms with Gasteiger partial charge in [0.05, 0.1) is 5.52 Å². The molecule has 1 fully saturated rings. The van der Waals surface area contributed by atoms with Gasteiger partial charge in [0, 0.05) is 5.39 Å². The molecule has 94 valence electrons. The summed E-state index contributed by atoms with van der Waals surface area (Å²) in [5.41, 5.74) is 0.124. The molecule has 1 heterocycles. The number of aromatic nitrogens is 1. The second kappa shape index (κ2) is 4.24. The molecule has 2 N–H and O–H groups in total. The minimum atomic E-state index is -0.796. The monoisotopic (exact) mass is 262 g/mol. The Balaban J connectivity index is 1.98. The SMILES string of the molecule is O=C(O)C1(Nc2snc3ccccc23)CCCC1. The second-order valence-electron chi connectivity index (χ2n) is 4.75. The van der Waals surface area contributed by atoms with E-state index in [1.807, 2.05) is 24.3 Å². The molecule has 0 aliphatic heterocycles. The van der Waals surface area contributed by atoms with E-state index < -0.39 is 11.5 Å². The molecule has 18 heavy (non-hydrogen) atoms. The first kappa shape index (κ1) is 11.5. The molecular weight excluding hydrogens is 248 g/mol. The molecular formula is C13H14N2O2S. The molecule has 1 aliphatic rings. The van der Waals surface area contributed by atoms with Gasteiger partial charge in [-0.2, -0.15) is 4.37 Å². The lowest BCUT2D eigenvalue weighted by molar-refractivity contribution is -0.142. The van der Waals surface area contributed by atoms with Crippen molar-refractivity contribution in [2.75, 3.05) is 5.32 Å². The first-order chi connectivity index (χ1) is 8.71. The Morgan fingerprint density at radius 3 is 2.78 bits per heavy atom. The van der Waals surface area contributed by atoms with E-state index in [1.54, 1.807) is 0 Å². The number of aliphatic carboxylic acids is 1. The molecule has 1 aliphatic carbocycles. The zero-order chi connectivity index (χ0) is 12.6. The number of hydrogen-bond donors (Lipinski definition) is 2. The highest BCUT2D eigenvalue weighted by Crippen LogP contribution is 2.37. The lowest BCUT2D eigenvalue weighted by atomic mass is 9.98. The van der Waals surface area contributed by atoms with Gasteiger partial charge in [0.25, 0.3) is 0 Å². The van der Waals surface area contributed by atoms with Gasteiger partial charge in [-0.25, -0.2) is 4.79 Å². The molecule has 0 spiro atoms. The topological polar surface area (TPSA) is 62.2 Å². The van der Waals surface area contributed by atoms with Crippen molar-refractivity contribution in [1.29, 1.82) is 0 Å². The third kappa shape index (κ3) is 1.75.